The highest BCUT2D eigenvalue weighted by Crippen LogP contribution is 2.26. The van der Waals surface area contributed by atoms with Crippen molar-refractivity contribution in [2.24, 2.45) is 0 Å². The van der Waals surface area contributed by atoms with Gasteiger partial charge in [0.15, 0.2) is 0 Å². The van der Waals surface area contributed by atoms with Crippen molar-refractivity contribution in [3.8, 4) is 11.5 Å². The lowest BCUT2D eigenvalue weighted by atomic mass is 9.98. The minimum Gasteiger partial charge on any atom is -0.497 e. The van der Waals surface area contributed by atoms with Crippen LogP contribution >= 0.6 is 0 Å². The first kappa shape index (κ1) is 18.1. The molecule has 2 N–H and O–H groups in total. The van der Waals surface area contributed by atoms with Crippen LogP contribution in [0.4, 0.5) is 5.69 Å². The summed E-state index contributed by atoms with van der Waals surface area (Å²) in [4.78, 5) is 0. The molecule has 0 saturated heterocycles. The first-order valence-electron chi connectivity index (χ1n) is 8.17. The van der Waals surface area contributed by atoms with Gasteiger partial charge in [0.2, 0.25) is 0 Å². The fourth-order valence-electron chi connectivity index (χ4n) is 2.45. The first-order chi connectivity index (χ1) is 11.4. The van der Waals surface area contributed by atoms with Gasteiger partial charge in [-0.1, -0.05) is 18.2 Å². The summed E-state index contributed by atoms with van der Waals surface area (Å²) >= 11 is 0. The fourth-order valence-corrected chi connectivity index (χ4v) is 2.45. The Labute approximate surface area is 144 Å². The molecule has 130 valence electrons. The van der Waals surface area contributed by atoms with E-state index in [1.54, 1.807) is 14.2 Å². The summed E-state index contributed by atoms with van der Waals surface area (Å²) in [7, 11) is 3.34. The van der Waals surface area contributed by atoms with Crippen molar-refractivity contribution in [3.63, 3.8) is 0 Å². The minimum atomic E-state index is -0.670. The van der Waals surface area contributed by atoms with Crippen molar-refractivity contribution >= 4 is 5.69 Å². The molecule has 4 heteroatoms. The number of aliphatic hydroxyl groups is 1. The van der Waals surface area contributed by atoms with Crippen LogP contribution in [0.2, 0.25) is 0 Å². The van der Waals surface area contributed by atoms with Crippen molar-refractivity contribution in [3.05, 3.63) is 53.6 Å². The van der Waals surface area contributed by atoms with E-state index in [1.165, 1.54) is 5.56 Å². The molecule has 0 amide bonds. The number of ether oxygens (including phenoxy) is 2. The van der Waals surface area contributed by atoms with E-state index >= 15 is 0 Å². The van der Waals surface area contributed by atoms with Crippen LogP contribution in [0.15, 0.2) is 42.5 Å². The lowest BCUT2D eigenvalue weighted by Gasteiger charge is -2.18. The second-order valence-corrected chi connectivity index (χ2v) is 6.54. The van der Waals surface area contributed by atoms with Crippen LogP contribution in [0, 0.1) is 0 Å². The van der Waals surface area contributed by atoms with Crippen LogP contribution in [-0.4, -0.2) is 24.9 Å². The molecule has 0 aliphatic rings. The summed E-state index contributed by atoms with van der Waals surface area (Å²) in [5, 5.41) is 13.3. The van der Waals surface area contributed by atoms with Gasteiger partial charge in [0, 0.05) is 18.3 Å². The fraction of sp³-hybridized carbons (Fsp3) is 0.400. The summed E-state index contributed by atoms with van der Waals surface area (Å²) in [6.45, 7) is 4.38. The summed E-state index contributed by atoms with van der Waals surface area (Å²) in [6.07, 6.45) is 1.48. The average Bonchev–Trinajstić information content (AvgIpc) is 2.58. The molecule has 24 heavy (non-hydrogen) atoms. The van der Waals surface area contributed by atoms with Crippen molar-refractivity contribution < 1.29 is 14.6 Å². The van der Waals surface area contributed by atoms with Gasteiger partial charge >= 0.3 is 0 Å². The Kier molecular flexibility index (Phi) is 6.10. The monoisotopic (exact) mass is 329 g/mol. The molecule has 4 nitrogen and oxygen atoms in total. The molecule has 0 saturated carbocycles. The standard InChI is InChI=1S/C20H27NO3/c1-20(2,22)12-11-16-7-8-17(13-19(16)24-4)21-14-15-5-9-18(23-3)10-6-15/h5-10,13,21-22H,11-12,14H2,1-4H3. The van der Waals surface area contributed by atoms with E-state index in [0.717, 1.165) is 35.7 Å². The predicted octanol–water partition coefficient (Wildman–Crippen LogP) is 4.02. The van der Waals surface area contributed by atoms with Crippen LogP contribution in [0.5, 0.6) is 11.5 Å². The number of aryl methyl sites for hydroxylation is 1. The van der Waals surface area contributed by atoms with Gasteiger partial charge in [-0.25, -0.2) is 0 Å². The van der Waals surface area contributed by atoms with Crippen molar-refractivity contribution in [2.45, 2.75) is 38.8 Å². The highest BCUT2D eigenvalue weighted by atomic mass is 16.5. The number of anilines is 1. The summed E-state index contributed by atoms with van der Waals surface area (Å²) < 4.78 is 10.7. The summed E-state index contributed by atoms with van der Waals surface area (Å²) in [5.41, 5.74) is 2.63. The molecule has 2 rings (SSSR count). The Hall–Kier alpha value is -2.20. The van der Waals surface area contributed by atoms with Crippen LogP contribution in [0.3, 0.4) is 0 Å². The molecule has 0 unspecified atom stereocenters. The average molecular weight is 329 g/mol. The van der Waals surface area contributed by atoms with Gasteiger partial charge in [-0.05, 0) is 56.0 Å². The zero-order valence-corrected chi connectivity index (χ0v) is 14.9. The molecule has 0 aliphatic heterocycles. The number of hydrogen-bond donors (Lipinski definition) is 2. The van der Waals surface area contributed by atoms with Crippen molar-refractivity contribution in [2.75, 3.05) is 19.5 Å². The molecule has 2 aromatic rings. The van der Waals surface area contributed by atoms with E-state index in [4.69, 9.17) is 9.47 Å². The lowest BCUT2D eigenvalue weighted by molar-refractivity contribution is 0.0712. The Balaban J connectivity index is 2.00. The van der Waals surface area contributed by atoms with Gasteiger partial charge in [-0.2, -0.15) is 0 Å². The number of benzene rings is 2. The molecular formula is C20H27NO3. The number of methoxy groups -OCH3 is 2. The first-order valence-corrected chi connectivity index (χ1v) is 8.17. The van der Waals surface area contributed by atoms with Gasteiger partial charge in [-0.3, -0.25) is 0 Å². The smallest absolute Gasteiger partial charge is 0.124 e. The Morgan fingerprint density at radius 2 is 1.71 bits per heavy atom. The Bertz CT molecular complexity index is 645. The summed E-state index contributed by atoms with van der Waals surface area (Å²) in [5.74, 6) is 1.70. The number of nitrogens with one attached hydrogen (secondary N) is 1. The van der Waals surface area contributed by atoms with Crippen LogP contribution in [0.1, 0.15) is 31.4 Å². The highest BCUT2D eigenvalue weighted by Gasteiger charge is 2.14. The van der Waals surface area contributed by atoms with E-state index in [9.17, 15) is 5.11 Å². The maximum absolute atomic E-state index is 9.88. The van der Waals surface area contributed by atoms with Gasteiger partial charge in [0.1, 0.15) is 11.5 Å². The molecular weight excluding hydrogens is 302 g/mol. The zero-order chi connectivity index (χ0) is 17.6. The highest BCUT2D eigenvalue weighted by molar-refractivity contribution is 5.52. The maximum atomic E-state index is 9.88. The Morgan fingerprint density at radius 1 is 1.00 bits per heavy atom. The third kappa shape index (κ3) is 5.46. The normalized spacial score (nSPS) is 11.2. The SMILES string of the molecule is COc1ccc(CNc2ccc(CCC(C)(C)O)c(OC)c2)cc1. The Morgan fingerprint density at radius 3 is 2.29 bits per heavy atom. The van der Waals surface area contributed by atoms with E-state index < -0.39 is 5.60 Å². The number of rotatable bonds is 8. The quantitative estimate of drug-likeness (QED) is 0.768. The van der Waals surface area contributed by atoms with Crippen molar-refractivity contribution in [1.82, 2.24) is 0 Å². The van der Waals surface area contributed by atoms with Gasteiger partial charge in [0.25, 0.3) is 0 Å². The molecule has 0 radical (unpaired) electrons. The van der Waals surface area contributed by atoms with E-state index in [2.05, 4.69) is 11.4 Å². The second kappa shape index (κ2) is 8.06. The zero-order valence-electron chi connectivity index (χ0n) is 14.9. The molecule has 2 aromatic carbocycles. The van der Waals surface area contributed by atoms with E-state index in [-0.39, 0.29) is 0 Å². The molecule has 0 bridgehead atoms. The third-order valence-corrected chi connectivity index (χ3v) is 3.95. The molecule has 0 aliphatic carbocycles. The molecule has 0 heterocycles. The third-order valence-electron chi connectivity index (χ3n) is 3.95. The van der Waals surface area contributed by atoms with E-state index in [1.807, 2.05) is 50.2 Å². The van der Waals surface area contributed by atoms with Crippen LogP contribution in [-0.2, 0) is 13.0 Å². The molecule has 0 spiro atoms. The predicted molar refractivity (Wildman–Crippen MR) is 97.9 cm³/mol. The van der Waals surface area contributed by atoms with Gasteiger partial charge in [0.05, 0.1) is 19.8 Å². The topological polar surface area (TPSA) is 50.7 Å². The van der Waals surface area contributed by atoms with Crippen molar-refractivity contribution in [1.29, 1.82) is 0 Å². The van der Waals surface area contributed by atoms with E-state index in [0.29, 0.717) is 6.42 Å². The number of hydrogen-bond acceptors (Lipinski definition) is 4. The van der Waals surface area contributed by atoms with Crippen LogP contribution in [0.25, 0.3) is 0 Å². The summed E-state index contributed by atoms with van der Waals surface area (Å²) in [6, 6.07) is 14.1. The van der Waals surface area contributed by atoms with Gasteiger partial charge < -0.3 is 19.9 Å². The second-order valence-electron chi connectivity index (χ2n) is 6.54. The molecule has 0 aromatic heterocycles. The largest absolute Gasteiger partial charge is 0.497 e. The van der Waals surface area contributed by atoms with Gasteiger partial charge in [-0.15, -0.1) is 0 Å². The molecule has 0 atom stereocenters. The lowest BCUT2D eigenvalue weighted by Crippen LogP contribution is -2.19. The molecule has 0 fully saturated rings. The minimum absolute atomic E-state index is 0.670. The maximum Gasteiger partial charge on any atom is 0.124 e. The van der Waals surface area contributed by atoms with Crippen LogP contribution < -0.4 is 14.8 Å².